The quantitative estimate of drug-likeness (QED) is 0.304. The van der Waals surface area contributed by atoms with Gasteiger partial charge in [-0.05, 0) is 49.2 Å². The third kappa shape index (κ3) is 4.83. The minimum Gasteiger partial charge on any atom is -0.493 e. The number of hydrogen-bond acceptors (Lipinski definition) is 4. The zero-order valence-corrected chi connectivity index (χ0v) is 18.0. The summed E-state index contributed by atoms with van der Waals surface area (Å²) in [4.78, 5) is 4.69. The summed E-state index contributed by atoms with van der Waals surface area (Å²) in [6.45, 7) is 5.67. The first-order chi connectivity index (χ1) is 14.7. The molecule has 1 aromatic heterocycles. The highest BCUT2D eigenvalue weighted by atomic mass is 16.5. The predicted octanol–water partition coefficient (Wildman–Crippen LogP) is 6.09. The van der Waals surface area contributed by atoms with Gasteiger partial charge < -0.3 is 14.0 Å². The van der Waals surface area contributed by atoms with Gasteiger partial charge >= 0.3 is 0 Å². The molecule has 0 saturated heterocycles. The number of fused-ring (bicyclic) bond motifs is 1. The number of nitriles is 1. The number of benzene rings is 2. The first kappa shape index (κ1) is 21.4. The number of nitrogens with zero attached hydrogens (tertiary/aromatic N) is 3. The van der Waals surface area contributed by atoms with E-state index in [1.165, 1.54) is 19.3 Å². The Hall–Kier alpha value is -3.26. The molecule has 0 unspecified atom stereocenters. The molecule has 0 aliphatic carbocycles. The molecular weight excluding hydrogens is 374 g/mol. The van der Waals surface area contributed by atoms with Crippen molar-refractivity contribution >= 4 is 22.7 Å². The van der Waals surface area contributed by atoms with Crippen molar-refractivity contribution in [3.05, 3.63) is 53.9 Å². The van der Waals surface area contributed by atoms with E-state index >= 15 is 0 Å². The average Bonchev–Trinajstić information content (AvgIpc) is 3.16. The Morgan fingerprint density at radius 3 is 2.67 bits per heavy atom. The Morgan fingerprint density at radius 2 is 1.93 bits per heavy atom. The molecule has 0 amide bonds. The van der Waals surface area contributed by atoms with Gasteiger partial charge in [0, 0.05) is 6.54 Å². The highest BCUT2D eigenvalue weighted by molar-refractivity contribution is 5.91. The van der Waals surface area contributed by atoms with E-state index in [9.17, 15) is 5.26 Å². The van der Waals surface area contributed by atoms with Crippen LogP contribution in [0.1, 0.15) is 50.9 Å². The van der Waals surface area contributed by atoms with Crippen LogP contribution in [-0.4, -0.2) is 23.3 Å². The lowest BCUT2D eigenvalue weighted by atomic mass is 10.1. The van der Waals surface area contributed by atoms with Gasteiger partial charge in [-0.25, -0.2) is 4.98 Å². The lowest BCUT2D eigenvalue weighted by Gasteiger charge is -2.11. The number of rotatable bonds is 10. The molecule has 0 N–H and O–H groups in total. The van der Waals surface area contributed by atoms with Gasteiger partial charge in [-0.1, -0.05) is 44.4 Å². The van der Waals surface area contributed by atoms with Crippen molar-refractivity contribution in [1.82, 2.24) is 9.55 Å². The molecule has 1 heterocycles. The van der Waals surface area contributed by atoms with E-state index in [4.69, 9.17) is 14.5 Å². The molecule has 2 aromatic carbocycles. The van der Waals surface area contributed by atoms with Crippen LogP contribution in [0.3, 0.4) is 0 Å². The van der Waals surface area contributed by atoms with Gasteiger partial charge in [0.25, 0.3) is 0 Å². The molecule has 5 nitrogen and oxygen atoms in total. The number of para-hydroxylation sites is 2. The summed E-state index contributed by atoms with van der Waals surface area (Å²) in [6, 6.07) is 16.0. The van der Waals surface area contributed by atoms with E-state index in [0.29, 0.717) is 23.8 Å². The number of aryl methyl sites for hydroxylation is 1. The third-order valence-electron chi connectivity index (χ3n) is 5.09. The molecule has 0 aliphatic heterocycles. The second-order valence-electron chi connectivity index (χ2n) is 7.16. The highest BCUT2D eigenvalue weighted by Gasteiger charge is 2.14. The van der Waals surface area contributed by atoms with Crippen LogP contribution < -0.4 is 9.47 Å². The molecule has 156 valence electrons. The minimum atomic E-state index is 0.517. The Bertz CT molecular complexity index is 1060. The van der Waals surface area contributed by atoms with Crippen molar-refractivity contribution in [2.75, 3.05) is 13.7 Å². The number of methoxy groups -OCH3 is 1. The Kier molecular flexibility index (Phi) is 7.51. The molecule has 0 saturated carbocycles. The first-order valence-corrected chi connectivity index (χ1v) is 10.6. The maximum atomic E-state index is 9.83. The van der Waals surface area contributed by atoms with E-state index in [2.05, 4.69) is 24.5 Å². The number of imidazole rings is 1. The fraction of sp³-hybridized carbons (Fsp3) is 0.360. The topological polar surface area (TPSA) is 60.1 Å². The Balaban J connectivity index is 1.87. The van der Waals surface area contributed by atoms with Crippen LogP contribution in [0, 0.1) is 11.3 Å². The Labute approximate surface area is 178 Å². The summed E-state index contributed by atoms with van der Waals surface area (Å²) < 4.78 is 13.5. The number of aromatic nitrogens is 2. The molecule has 0 fully saturated rings. The predicted molar refractivity (Wildman–Crippen MR) is 122 cm³/mol. The molecule has 0 atom stereocenters. The largest absolute Gasteiger partial charge is 0.493 e. The molecule has 30 heavy (non-hydrogen) atoms. The summed E-state index contributed by atoms with van der Waals surface area (Å²) in [5.41, 5.74) is 3.31. The lowest BCUT2D eigenvalue weighted by molar-refractivity contribution is 0.285. The molecule has 3 aromatic rings. The van der Waals surface area contributed by atoms with Crippen LogP contribution in [0.15, 0.2) is 42.5 Å². The Morgan fingerprint density at radius 1 is 1.10 bits per heavy atom. The summed E-state index contributed by atoms with van der Waals surface area (Å²) >= 11 is 0. The van der Waals surface area contributed by atoms with Gasteiger partial charge in [0.2, 0.25) is 0 Å². The molecule has 0 radical (unpaired) electrons. The number of ether oxygens (including phenoxy) is 2. The summed E-state index contributed by atoms with van der Waals surface area (Å²) in [7, 11) is 1.63. The zero-order chi connectivity index (χ0) is 21.3. The van der Waals surface area contributed by atoms with E-state index in [1.54, 1.807) is 7.11 Å². The molecule has 3 rings (SSSR count). The van der Waals surface area contributed by atoms with Crippen LogP contribution in [0.25, 0.3) is 22.7 Å². The highest BCUT2D eigenvalue weighted by Crippen LogP contribution is 2.30. The normalized spacial score (nSPS) is 11.5. The first-order valence-electron chi connectivity index (χ1n) is 10.6. The number of allylic oxidation sites excluding steroid dienone is 1. The van der Waals surface area contributed by atoms with Crippen molar-refractivity contribution < 1.29 is 9.47 Å². The summed E-state index contributed by atoms with van der Waals surface area (Å²) in [6.07, 6.45) is 6.48. The van der Waals surface area contributed by atoms with Crippen LogP contribution in [0.5, 0.6) is 11.5 Å². The molecule has 0 spiro atoms. The van der Waals surface area contributed by atoms with E-state index in [1.807, 2.05) is 48.5 Å². The van der Waals surface area contributed by atoms with Crippen molar-refractivity contribution in [2.45, 2.75) is 46.1 Å². The van der Waals surface area contributed by atoms with E-state index < -0.39 is 0 Å². The monoisotopic (exact) mass is 403 g/mol. The van der Waals surface area contributed by atoms with Crippen molar-refractivity contribution in [3.8, 4) is 17.6 Å². The standard InChI is InChI=1S/C25H29N3O2/c1-4-6-7-10-15-30-23-14-13-19(17-24(23)29-3)16-20(18-26)25-27-21-11-8-9-12-22(21)28(25)5-2/h8-9,11-14,16-17H,4-7,10,15H2,1-3H3/b20-16-. The van der Waals surface area contributed by atoms with Crippen LogP contribution in [0.2, 0.25) is 0 Å². The molecule has 0 bridgehead atoms. The van der Waals surface area contributed by atoms with Crippen molar-refractivity contribution in [3.63, 3.8) is 0 Å². The van der Waals surface area contributed by atoms with Gasteiger partial charge in [-0.3, -0.25) is 0 Å². The average molecular weight is 404 g/mol. The summed E-state index contributed by atoms with van der Waals surface area (Å²) in [5, 5.41) is 9.83. The zero-order valence-electron chi connectivity index (χ0n) is 18.0. The third-order valence-corrected chi connectivity index (χ3v) is 5.09. The van der Waals surface area contributed by atoms with Gasteiger partial charge in [-0.2, -0.15) is 5.26 Å². The van der Waals surface area contributed by atoms with Gasteiger partial charge in [0.05, 0.1) is 30.3 Å². The fourth-order valence-corrected chi connectivity index (χ4v) is 3.52. The molecule has 0 aliphatic rings. The maximum Gasteiger partial charge on any atom is 0.161 e. The number of hydrogen-bond donors (Lipinski definition) is 0. The van der Waals surface area contributed by atoms with Crippen LogP contribution in [-0.2, 0) is 6.54 Å². The van der Waals surface area contributed by atoms with E-state index in [0.717, 1.165) is 35.3 Å². The van der Waals surface area contributed by atoms with Gasteiger partial charge in [0.15, 0.2) is 17.3 Å². The second-order valence-corrected chi connectivity index (χ2v) is 7.16. The lowest BCUT2D eigenvalue weighted by Crippen LogP contribution is -2.01. The van der Waals surface area contributed by atoms with Gasteiger partial charge in [0.1, 0.15) is 6.07 Å². The summed E-state index contributed by atoms with van der Waals surface area (Å²) in [5.74, 6) is 2.07. The van der Waals surface area contributed by atoms with Crippen molar-refractivity contribution in [1.29, 1.82) is 5.26 Å². The number of unbranched alkanes of at least 4 members (excludes halogenated alkanes) is 3. The van der Waals surface area contributed by atoms with E-state index in [-0.39, 0.29) is 0 Å². The SMILES string of the molecule is CCCCCCOc1ccc(/C=C(/C#N)c2nc3ccccc3n2CC)cc1OC. The van der Waals surface area contributed by atoms with Crippen molar-refractivity contribution in [2.24, 2.45) is 0 Å². The smallest absolute Gasteiger partial charge is 0.161 e. The van der Waals surface area contributed by atoms with Crippen LogP contribution >= 0.6 is 0 Å². The van der Waals surface area contributed by atoms with Gasteiger partial charge in [-0.15, -0.1) is 0 Å². The second kappa shape index (κ2) is 10.5. The molecule has 5 heteroatoms. The molecular formula is C25H29N3O2. The minimum absolute atomic E-state index is 0.517. The fourth-order valence-electron chi connectivity index (χ4n) is 3.52. The maximum absolute atomic E-state index is 9.83. The van der Waals surface area contributed by atoms with Crippen LogP contribution in [0.4, 0.5) is 0 Å².